The fourth-order valence-corrected chi connectivity index (χ4v) is 1.90. The molecule has 21 heavy (non-hydrogen) atoms. The number of nitro groups is 1. The van der Waals surface area contributed by atoms with E-state index in [9.17, 15) is 10.1 Å². The molecule has 110 valence electrons. The van der Waals surface area contributed by atoms with Crippen LogP contribution in [0.15, 0.2) is 36.4 Å². The Kier molecular flexibility index (Phi) is 4.94. The number of nitrogens with one attached hydrogen (secondary N) is 1. The first kappa shape index (κ1) is 15.1. The summed E-state index contributed by atoms with van der Waals surface area (Å²) in [6.45, 7) is 2.75. The van der Waals surface area contributed by atoms with Crippen LogP contribution in [0, 0.1) is 10.1 Å². The minimum atomic E-state index is -0.487. The molecule has 0 aliphatic rings. The molecule has 7 heteroatoms. The van der Waals surface area contributed by atoms with Crippen molar-refractivity contribution >= 4 is 23.1 Å². The van der Waals surface area contributed by atoms with Crippen LogP contribution < -0.4 is 10.1 Å². The topological polar surface area (TPSA) is 77.3 Å². The second-order valence-corrected chi connectivity index (χ2v) is 4.58. The van der Waals surface area contributed by atoms with Gasteiger partial charge in [-0.2, -0.15) is 0 Å². The molecule has 0 amide bonds. The van der Waals surface area contributed by atoms with Gasteiger partial charge in [-0.25, -0.2) is 4.98 Å². The summed E-state index contributed by atoms with van der Waals surface area (Å²) < 4.78 is 5.48. The summed E-state index contributed by atoms with van der Waals surface area (Å²) in [6, 6.07) is 9.67. The normalized spacial score (nSPS) is 10.2. The number of para-hydroxylation sites is 2. The number of nitrogens with zero attached hydrogens (tertiary/aromatic N) is 2. The molecule has 6 nitrogen and oxygen atoms in total. The van der Waals surface area contributed by atoms with Crippen LogP contribution in [0.5, 0.6) is 5.75 Å². The summed E-state index contributed by atoms with van der Waals surface area (Å²) in [5.41, 5.74) is 0.435. The van der Waals surface area contributed by atoms with Crippen LogP contribution in [0.4, 0.5) is 11.5 Å². The predicted molar refractivity (Wildman–Crippen MR) is 80.8 cm³/mol. The zero-order valence-corrected chi connectivity index (χ0v) is 12.1. The summed E-state index contributed by atoms with van der Waals surface area (Å²) in [5, 5.41) is 14.4. The van der Waals surface area contributed by atoms with Gasteiger partial charge >= 0.3 is 5.69 Å². The minimum absolute atomic E-state index is 0.0585. The molecule has 0 atom stereocenters. The van der Waals surface area contributed by atoms with E-state index < -0.39 is 4.92 Å². The number of nitro benzene ring substituents is 1. The predicted octanol–water partition coefficient (Wildman–Crippen LogP) is 3.65. The lowest BCUT2D eigenvalue weighted by Crippen LogP contribution is -2.05. The van der Waals surface area contributed by atoms with Crippen molar-refractivity contribution in [2.24, 2.45) is 0 Å². The second-order valence-electron chi connectivity index (χ2n) is 4.17. The Balaban J connectivity index is 2.16. The molecule has 0 fully saturated rings. The molecule has 0 spiro atoms. The molecular formula is C14H14ClN3O3. The third-order valence-corrected chi connectivity index (χ3v) is 3.05. The number of benzene rings is 1. The van der Waals surface area contributed by atoms with Gasteiger partial charge in [0.05, 0.1) is 15.6 Å². The van der Waals surface area contributed by atoms with Gasteiger partial charge in [-0.05, 0) is 25.1 Å². The molecule has 0 aliphatic heterocycles. The van der Waals surface area contributed by atoms with Gasteiger partial charge in [0.1, 0.15) is 12.4 Å². The van der Waals surface area contributed by atoms with Gasteiger partial charge in [0, 0.05) is 12.6 Å². The van der Waals surface area contributed by atoms with Crippen LogP contribution in [0.25, 0.3) is 0 Å². The molecule has 0 unspecified atom stereocenters. The Hall–Kier alpha value is -2.34. The molecule has 0 saturated heterocycles. The number of hydrogen-bond donors (Lipinski definition) is 1. The zero-order chi connectivity index (χ0) is 15.2. The van der Waals surface area contributed by atoms with E-state index in [2.05, 4.69) is 10.3 Å². The number of ether oxygens (including phenoxy) is 1. The Morgan fingerprint density at radius 1 is 1.33 bits per heavy atom. The van der Waals surface area contributed by atoms with Gasteiger partial charge in [-0.3, -0.25) is 10.1 Å². The molecule has 0 radical (unpaired) electrons. The van der Waals surface area contributed by atoms with E-state index >= 15 is 0 Å². The number of aromatic nitrogens is 1. The summed E-state index contributed by atoms with van der Waals surface area (Å²) in [4.78, 5) is 14.7. The van der Waals surface area contributed by atoms with Crippen molar-refractivity contribution in [2.45, 2.75) is 13.5 Å². The molecule has 0 saturated carbocycles. The highest BCUT2D eigenvalue weighted by Crippen LogP contribution is 2.27. The number of hydrogen-bond acceptors (Lipinski definition) is 5. The number of halogens is 1. The van der Waals surface area contributed by atoms with E-state index in [1.165, 1.54) is 6.07 Å². The highest BCUT2D eigenvalue weighted by atomic mass is 35.5. The van der Waals surface area contributed by atoms with Gasteiger partial charge < -0.3 is 10.1 Å². The fraction of sp³-hybridized carbons (Fsp3) is 0.214. The lowest BCUT2D eigenvalue weighted by atomic mass is 10.3. The molecule has 2 aromatic rings. The van der Waals surface area contributed by atoms with E-state index in [-0.39, 0.29) is 18.0 Å². The number of rotatable bonds is 6. The molecule has 1 heterocycles. The van der Waals surface area contributed by atoms with Crippen LogP contribution in [0.1, 0.15) is 12.6 Å². The van der Waals surface area contributed by atoms with Gasteiger partial charge in [0.25, 0.3) is 0 Å². The Morgan fingerprint density at radius 2 is 2.10 bits per heavy atom. The first-order valence-corrected chi connectivity index (χ1v) is 6.75. The third kappa shape index (κ3) is 3.82. The van der Waals surface area contributed by atoms with Gasteiger partial charge in [-0.15, -0.1) is 0 Å². The molecule has 1 N–H and O–H groups in total. The summed E-state index contributed by atoms with van der Waals surface area (Å²) in [7, 11) is 0. The van der Waals surface area contributed by atoms with Crippen molar-refractivity contribution in [3.8, 4) is 5.75 Å². The maximum absolute atomic E-state index is 10.9. The Morgan fingerprint density at radius 3 is 2.81 bits per heavy atom. The SMILES string of the molecule is CCNc1ccc(Cl)c(COc2ccccc2[N+](=O)[O-])n1. The van der Waals surface area contributed by atoms with Crippen LogP contribution >= 0.6 is 11.6 Å². The second kappa shape index (κ2) is 6.90. The van der Waals surface area contributed by atoms with Crippen molar-refractivity contribution in [2.75, 3.05) is 11.9 Å². The molecule has 2 rings (SSSR count). The van der Waals surface area contributed by atoms with Gasteiger partial charge in [0.2, 0.25) is 0 Å². The van der Waals surface area contributed by atoms with Crippen molar-refractivity contribution in [1.29, 1.82) is 0 Å². The lowest BCUT2D eigenvalue weighted by molar-refractivity contribution is -0.385. The van der Waals surface area contributed by atoms with Crippen molar-refractivity contribution in [3.05, 3.63) is 57.2 Å². The standard InChI is InChI=1S/C14H14ClN3O3/c1-2-16-14-8-7-10(15)11(17-14)9-21-13-6-4-3-5-12(13)18(19)20/h3-8H,2,9H2,1H3,(H,16,17). The quantitative estimate of drug-likeness (QED) is 0.651. The van der Waals surface area contributed by atoms with E-state index in [0.717, 1.165) is 6.54 Å². The van der Waals surface area contributed by atoms with Crippen LogP contribution in [-0.2, 0) is 6.61 Å². The molecular weight excluding hydrogens is 294 g/mol. The maximum Gasteiger partial charge on any atom is 0.310 e. The van der Waals surface area contributed by atoms with E-state index in [0.29, 0.717) is 16.5 Å². The van der Waals surface area contributed by atoms with Crippen molar-refractivity contribution in [1.82, 2.24) is 4.98 Å². The largest absolute Gasteiger partial charge is 0.480 e. The zero-order valence-electron chi connectivity index (χ0n) is 11.4. The van der Waals surface area contributed by atoms with Gasteiger partial charge in [-0.1, -0.05) is 23.7 Å². The van der Waals surface area contributed by atoms with E-state index in [4.69, 9.17) is 16.3 Å². The van der Waals surface area contributed by atoms with E-state index in [1.807, 2.05) is 6.92 Å². The lowest BCUT2D eigenvalue weighted by Gasteiger charge is -2.09. The van der Waals surface area contributed by atoms with Crippen LogP contribution in [-0.4, -0.2) is 16.5 Å². The average molecular weight is 308 g/mol. The third-order valence-electron chi connectivity index (χ3n) is 2.70. The van der Waals surface area contributed by atoms with Crippen LogP contribution in [0.3, 0.4) is 0 Å². The van der Waals surface area contributed by atoms with Gasteiger partial charge in [0.15, 0.2) is 5.75 Å². The number of pyridine rings is 1. The molecule has 1 aromatic heterocycles. The van der Waals surface area contributed by atoms with Crippen molar-refractivity contribution < 1.29 is 9.66 Å². The Labute approximate surface area is 126 Å². The monoisotopic (exact) mass is 307 g/mol. The van der Waals surface area contributed by atoms with E-state index in [1.54, 1.807) is 30.3 Å². The first-order valence-electron chi connectivity index (χ1n) is 6.37. The molecule has 1 aromatic carbocycles. The maximum atomic E-state index is 10.9. The summed E-state index contributed by atoms with van der Waals surface area (Å²) in [5.74, 6) is 0.872. The minimum Gasteiger partial charge on any atom is -0.480 e. The summed E-state index contributed by atoms with van der Waals surface area (Å²) >= 11 is 6.06. The average Bonchev–Trinajstić information content (AvgIpc) is 2.48. The molecule has 0 bridgehead atoms. The fourth-order valence-electron chi connectivity index (χ4n) is 1.74. The summed E-state index contributed by atoms with van der Waals surface area (Å²) in [6.07, 6.45) is 0. The highest BCUT2D eigenvalue weighted by Gasteiger charge is 2.14. The number of anilines is 1. The molecule has 0 aliphatic carbocycles. The highest BCUT2D eigenvalue weighted by molar-refractivity contribution is 6.31. The van der Waals surface area contributed by atoms with Crippen molar-refractivity contribution in [3.63, 3.8) is 0 Å². The first-order chi connectivity index (χ1) is 10.1. The smallest absolute Gasteiger partial charge is 0.310 e. The Bertz CT molecular complexity index is 649. The van der Waals surface area contributed by atoms with Crippen LogP contribution in [0.2, 0.25) is 5.02 Å².